The topological polar surface area (TPSA) is 88.1 Å². The molecule has 2 aromatic rings. The predicted molar refractivity (Wildman–Crippen MR) is 76.6 cm³/mol. The number of hydrogen-bond donors (Lipinski definition) is 2. The number of nitrogens with zero attached hydrogens (tertiary/aromatic N) is 1. The van der Waals surface area contributed by atoms with Gasteiger partial charge in [0, 0.05) is 0 Å². The molecule has 0 amide bonds. The van der Waals surface area contributed by atoms with Crippen LogP contribution in [-0.2, 0) is 4.74 Å². The molecule has 0 aliphatic carbocycles. The summed E-state index contributed by atoms with van der Waals surface area (Å²) in [5, 5.41) is 12.1. The van der Waals surface area contributed by atoms with E-state index in [0.717, 1.165) is 0 Å². The Labute approximate surface area is 116 Å². The highest BCUT2D eigenvalue weighted by Gasteiger charge is 2.13. The van der Waals surface area contributed by atoms with Gasteiger partial charge in [0.15, 0.2) is 0 Å². The average molecular weight is 267 g/mol. The summed E-state index contributed by atoms with van der Waals surface area (Å²) in [6.07, 6.45) is 0. The quantitative estimate of drug-likeness (QED) is 0.659. The smallest absolute Gasteiger partial charge is 0.340 e. The molecule has 20 heavy (non-hydrogen) atoms. The van der Waals surface area contributed by atoms with E-state index in [1.165, 1.54) is 7.11 Å². The van der Waals surface area contributed by atoms with Crippen molar-refractivity contribution < 1.29 is 9.53 Å². The fourth-order valence-electron chi connectivity index (χ4n) is 1.80. The van der Waals surface area contributed by atoms with E-state index in [1.807, 2.05) is 6.07 Å². The number of esters is 1. The van der Waals surface area contributed by atoms with Crippen LogP contribution in [0.2, 0.25) is 0 Å². The Hall–Kier alpha value is -3.00. The van der Waals surface area contributed by atoms with Crippen LogP contribution in [0.3, 0.4) is 0 Å². The van der Waals surface area contributed by atoms with E-state index in [0.29, 0.717) is 16.9 Å². The molecule has 5 heteroatoms. The van der Waals surface area contributed by atoms with E-state index < -0.39 is 5.97 Å². The molecule has 2 aromatic carbocycles. The summed E-state index contributed by atoms with van der Waals surface area (Å²) in [6, 6.07) is 14.1. The number of nitrogen functional groups attached to an aromatic ring is 1. The first-order valence-corrected chi connectivity index (χ1v) is 5.90. The maximum Gasteiger partial charge on any atom is 0.340 e. The molecule has 0 heterocycles. The molecule has 0 bridgehead atoms. The van der Waals surface area contributed by atoms with Gasteiger partial charge in [0.05, 0.1) is 35.3 Å². The molecule has 5 nitrogen and oxygen atoms in total. The van der Waals surface area contributed by atoms with Gasteiger partial charge >= 0.3 is 5.97 Å². The van der Waals surface area contributed by atoms with Crippen LogP contribution in [0, 0.1) is 11.3 Å². The fourth-order valence-corrected chi connectivity index (χ4v) is 1.80. The second-order valence-corrected chi connectivity index (χ2v) is 4.04. The summed E-state index contributed by atoms with van der Waals surface area (Å²) in [6.45, 7) is 0. The van der Waals surface area contributed by atoms with Gasteiger partial charge in [-0.3, -0.25) is 0 Å². The molecule has 0 spiro atoms. The SMILES string of the molecule is COC(=O)c1cccc(Nc2ccccc2C#N)c1N. The van der Waals surface area contributed by atoms with Crippen molar-refractivity contribution in [2.24, 2.45) is 0 Å². The Balaban J connectivity index is 2.40. The molecular weight excluding hydrogens is 254 g/mol. The summed E-state index contributed by atoms with van der Waals surface area (Å²) in [4.78, 5) is 11.6. The molecule has 0 fully saturated rings. The zero-order chi connectivity index (χ0) is 14.5. The molecule has 100 valence electrons. The number of nitriles is 1. The third kappa shape index (κ3) is 2.54. The maximum absolute atomic E-state index is 11.6. The molecule has 2 rings (SSSR count). The summed E-state index contributed by atoms with van der Waals surface area (Å²) in [7, 11) is 1.30. The van der Waals surface area contributed by atoms with Crippen molar-refractivity contribution in [3.05, 3.63) is 53.6 Å². The Morgan fingerprint density at radius 3 is 2.60 bits per heavy atom. The monoisotopic (exact) mass is 267 g/mol. The molecule has 0 saturated heterocycles. The Kier molecular flexibility index (Phi) is 3.87. The van der Waals surface area contributed by atoms with Crippen molar-refractivity contribution in [1.82, 2.24) is 0 Å². The van der Waals surface area contributed by atoms with Crippen LogP contribution in [0.4, 0.5) is 17.1 Å². The molecule has 0 unspecified atom stereocenters. The van der Waals surface area contributed by atoms with Gasteiger partial charge in [-0.15, -0.1) is 0 Å². The summed E-state index contributed by atoms with van der Waals surface area (Å²) >= 11 is 0. The molecule has 3 N–H and O–H groups in total. The summed E-state index contributed by atoms with van der Waals surface area (Å²) < 4.78 is 4.67. The van der Waals surface area contributed by atoms with Crippen molar-refractivity contribution in [2.45, 2.75) is 0 Å². The highest BCUT2D eigenvalue weighted by atomic mass is 16.5. The van der Waals surface area contributed by atoms with E-state index >= 15 is 0 Å². The third-order valence-electron chi connectivity index (χ3n) is 2.83. The number of anilines is 3. The molecule has 0 atom stereocenters. The lowest BCUT2D eigenvalue weighted by molar-refractivity contribution is 0.0602. The van der Waals surface area contributed by atoms with Crippen molar-refractivity contribution >= 4 is 23.0 Å². The number of hydrogen-bond acceptors (Lipinski definition) is 5. The molecule has 0 aliphatic heterocycles. The standard InChI is InChI=1S/C15H13N3O2/c1-20-15(19)11-6-4-8-13(14(11)17)18-12-7-3-2-5-10(12)9-16/h2-8,18H,17H2,1H3. The normalized spacial score (nSPS) is 9.60. The second kappa shape index (κ2) is 5.76. The van der Waals surface area contributed by atoms with E-state index in [2.05, 4.69) is 16.1 Å². The van der Waals surface area contributed by atoms with Crippen LogP contribution in [0.15, 0.2) is 42.5 Å². The predicted octanol–water partition coefficient (Wildman–Crippen LogP) is 2.67. The van der Waals surface area contributed by atoms with Crippen LogP contribution in [-0.4, -0.2) is 13.1 Å². The number of carbonyl (C=O) groups is 1. The zero-order valence-electron chi connectivity index (χ0n) is 10.9. The minimum absolute atomic E-state index is 0.284. The summed E-state index contributed by atoms with van der Waals surface area (Å²) in [5.41, 5.74) is 8.20. The first-order chi connectivity index (χ1) is 9.67. The minimum atomic E-state index is -0.500. The van der Waals surface area contributed by atoms with Gasteiger partial charge in [0.1, 0.15) is 6.07 Å². The number of ether oxygens (including phenoxy) is 1. The van der Waals surface area contributed by atoms with Gasteiger partial charge < -0.3 is 15.8 Å². The van der Waals surface area contributed by atoms with Crippen molar-refractivity contribution in [1.29, 1.82) is 5.26 Å². The Morgan fingerprint density at radius 2 is 1.90 bits per heavy atom. The molecule has 0 saturated carbocycles. The zero-order valence-corrected chi connectivity index (χ0v) is 10.9. The van der Waals surface area contributed by atoms with Gasteiger partial charge in [0.25, 0.3) is 0 Å². The molecule has 0 radical (unpaired) electrons. The Bertz CT molecular complexity index is 690. The highest BCUT2D eigenvalue weighted by molar-refractivity contribution is 5.98. The van der Waals surface area contributed by atoms with Gasteiger partial charge in [-0.1, -0.05) is 18.2 Å². The van der Waals surface area contributed by atoms with Crippen molar-refractivity contribution in [3.8, 4) is 6.07 Å². The first kappa shape index (κ1) is 13.4. The number of nitrogens with two attached hydrogens (primary N) is 1. The van der Waals surface area contributed by atoms with E-state index in [1.54, 1.807) is 36.4 Å². The minimum Gasteiger partial charge on any atom is -0.465 e. The second-order valence-electron chi connectivity index (χ2n) is 4.04. The largest absolute Gasteiger partial charge is 0.465 e. The van der Waals surface area contributed by atoms with E-state index in [9.17, 15) is 4.79 Å². The third-order valence-corrected chi connectivity index (χ3v) is 2.83. The van der Waals surface area contributed by atoms with Gasteiger partial charge in [-0.25, -0.2) is 4.79 Å². The van der Waals surface area contributed by atoms with Crippen molar-refractivity contribution in [2.75, 3.05) is 18.2 Å². The average Bonchev–Trinajstić information content (AvgIpc) is 2.49. The first-order valence-electron chi connectivity index (χ1n) is 5.90. The lowest BCUT2D eigenvalue weighted by atomic mass is 10.1. The lowest BCUT2D eigenvalue weighted by Crippen LogP contribution is -2.07. The number of rotatable bonds is 3. The van der Waals surface area contributed by atoms with E-state index in [4.69, 9.17) is 11.0 Å². The molecule has 0 aliphatic rings. The Morgan fingerprint density at radius 1 is 1.20 bits per heavy atom. The number of benzene rings is 2. The highest BCUT2D eigenvalue weighted by Crippen LogP contribution is 2.28. The van der Waals surface area contributed by atoms with Crippen LogP contribution < -0.4 is 11.1 Å². The van der Waals surface area contributed by atoms with Gasteiger partial charge in [-0.05, 0) is 24.3 Å². The van der Waals surface area contributed by atoms with E-state index in [-0.39, 0.29) is 11.3 Å². The number of carbonyl (C=O) groups excluding carboxylic acids is 1. The van der Waals surface area contributed by atoms with Crippen LogP contribution in [0.1, 0.15) is 15.9 Å². The number of nitrogens with one attached hydrogen (secondary N) is 1. The van der Waals surface area contributed by atoms with Crippen LogP contribution in [0.5, 0.6) is 0 Å². The number of para-hydroxylation sites is 2. The summed E-state index contributed by atoms with van der Waals surface area (Å²) in [5.74, 6) is -0.500. The van der Waals surface area contributed by atoms with Crippen LogP contribution in [0.25, 0.3) is 0 Å². The maximum atomic E-state index is 11.6. The fraction of sp³-hybridized carbons (Fsp3) is 0.0667. The number of methoxy groups -OCH3 is 1. The van der Waals surface area contributed by atoms with Crippen LogP contribution >= 0.6 is 0 Å². The lowest BCUT2D eigenvalue weighted by Gasteiger charge is -2.12. The van der Waals surface area contributed by atoms with Gasteiger partial charge in [-0.2, -0.15) is 5.26 Å². The molecule has 0 aromatic heterocycles. The molecular formula is C15H13N3O2. The van der Waals surface area contributed by atoms with Gasteiger partial charge in [0.2, 0.25) is 0 Å². The van der Waals surface area contributed by atoms with Crippen molar-refractivity contribution in [3.63, 3.8) is 0 Å².